The summed E-state index contributed by atoms with van der Waals surface area (Å²) in [6.07, 6.45) is 4.66. The third-order valence-corrected chi connectivity index (χ3v) is 6.45. The molecule has 0 spiro atoms. The monoisotopic (exact) mass is 470 g/mol. The fraction of sp³-hybridized carbons (Fsp3) is 0.345. The second kappa shape index (κ2) is 11.6. The number of para-hydroxylation sites is 2. The quantitative estimate of drug-likeness (QED) is 0.249. The Morgan fingerprint density at radius 3 is 2.54 bits per heavy atom. The van der Waals surface area contributed by atoms with E-state index in [0.717, 1.165) is 48.4 Å². The van der Waals surface area contributed by atoms with Crippen molar-refractivity contribution in [2.45, 2.75) is 52.1 Å². The predicted molar refractivity (Wildman–Crippen MR) is 140 cm³/mol. The van der Waals surface area contributed by atoms with Gasteiger partial charge in [0, 0.05) is 19.8 Å². The lowest BCUT2D eigenvalue weighted by Crippen LogP contribution is -2.28. The van der Waals surface area contributed by atoms with Crippen LogP contribution in [0.4, 0.5) is 0 Å². The minimum absolute atomic E-state index is 0.114. The summed E-state index contributed by atoms with van der Waals surface area (Å²) in [7, 11) is 1.79. The zero-order valence-corrected chi connectivity index (χ0v) is 20.9. The third kappa shape index (κ3) is 6.07. The number of fused-ring (bicyclic) bond motifs is 1. The number of carbonyl (C=O) groups is 1. The lowest BCUT2D eigenvalue weighted by molar-refractivity contribution is 0.0774. The minimum Gasteiger partial charge on any atom is -0.494 e. The van der Waals surface area contributed by atoms with Crippen molar-refractivity contribution in [3.05, 3.63) is 90.0 Å². The highest BCUT2D eigenvalue weighted by atomic mass is 16.5. The van der Waals surface area contributed by atoms with Gasteiger partial charge in [0.05, 0.1) is 24.2 Å². The highest BCUT2D eigenvalue weighted by Gasteiger charge is 2.17. The number of carbonyl (C=O) groups excluding carboxylic acids is 1. The van der Waals surface area contributed by atoms with Gasteiger partial charge in [0.15, 0.2) is 0 Å². The number of aryl methyl sites for hydroxylation is 1. The number of benzene rings is 2. The molecule has 2 aromatic carbocycles. The minimum atomic E-state index is -0.114. The van der Waals surface area contributed by atoms with Gasteiger partial charge in [-0.15, -0.1) is 0 Å². The zero-order chi connectivity index (χ0) is 24.6. The molecule has 0 aliphatic rings. The van der Waals surface area contributed by atoms with Crippen molar-refractivity contribution in [3.8, 4) is 5.75 Å². The Morgan fingerprint density at radius 2 is 1.80 bits per heavy atom. The van der Waals surface area contributed by atoms with E-state index < -0.39 is 0 Å². The van der Waals surface area contributed by atoms with Crippen LogP contribution in [0.3, 0.4) is 0 Å². The number of unbranched alkanes of at least 4 members (excludes halogenated alkanes) is 1. The number of amides is 1. The van der Waals surface area contributed by atoms with E-state index in [4.69, 9.17) is 9.72 Å². The van der Waals surface area contributed by atoms with Crippen LogP contribution in [-0.4, -0.2) is 39.0 Å². The van der Waals surface area contributed by atoms with Crippen LogP contribution < -0.4 is 4.74 Å². The Balaban J connectivity index is 1.36. The largest absolute Gasteiger partial charge is 0.494 e. The van der Waals surface area contributed by atoms with E-state index in [0.29, 0.717) is 24.8 Å². The molecule has 0 radical (unpaired) electrons. The Morgan fingerprint density at radius 1 is 1.03 bits per heavy atom. The number of hydrogen-bond donors (Lipinski definition) is 0. The van der Waals surface area contributed by atoms with Crippen molar-refractivity contribution in [1.82, 2.24) is 19.4 Å². The van der Waals surface area contributed by atoms with E-state index >= 15 is 0 Å². The zero-order valence-electron chi connectivity index (χ0n) is 20.9. The molecule has 0 fully saturated rings. The summed E-state index contributed by atoms with van der Waals surface area (Å²) in [4.78, 5) is 23.5. The third-order valence-electron chi connectivity index (χ3n) is 6.45. The number of pyridine rings is 1. The molecule has 4 aromatic rings. The fourth-order valence-corrected chi connectivity index (χ4v) is 4.15. The molecular weight excluding hydrogens is 436 g/mol. The topological polar surface area (TPSA) is 60.2 Å². The van der Waals surface area contributed by atoms with Crippen LogP contribution >= 0.6 is 0 Å². The average Bonchev–Trinajstić information content (AvgIpc) is 3.25. The Bertz CT molecular complexity index is 1230. The molecule has 6 nitrogen and oxygen atoms in total. The summed E-state index contributed by atoms with van der Waals surface area (Å²) < 4.78 is 8.19. The van der Waals surface area contributed by atoms with Crippen molar-refractivity contribution in [3.63, 3.8) is 0 Å². The molecule has 0 saturated heterocycles. The van der Waals surface area contributed by atoms with Crippen LogP contribution in [0.15, 0.2) is 72.9 Å². The van der Waals surface area contributed by atoms with Gasteiger partial charge in [0.1, 0.15) is 17.3 Å². The van der Waals surface area contributed by atoms with E-state index in [-0.39, 0.29) is 5.91 Å². The first-order chi connectivity index (χ1) is 17.1. The highest BCUT2D eigenvalue weighted by Crippen LogP contribution is 2.22. The molecule has 0 N–H and O–H groups in total. The lowest BCUT2D eigenvalue weighted by Gasteiger charge is -2.18. The van der Waals surface area contributed by atoms with E-state index in [1.54, 1.807) is 24.2 Å². The first-order valence-corrected chi connectivity index (χ1v) is 12.4. The number of hydrogen-bond acceptors (Lipinski definition) is 4. The molecule has 1 unspecified atom stereocenters. The SMILES string of the molecule is CCC(C)c1ccc(OCCCCn2c(CN(C)C(=O)c3ccccn3)nc3ccccc32)cc1. The van der Waals surface area contributed by atoms with Crippen molar-refractivity contribution in [2.24, 2.45) is 0 Å². The van der Waals surface area contributed by atoms with E-state index in [1.807, 2.05) is 30.3 Å². The first kappa shape index (κ1) is 24.5. The van der Waals surface area contributed by atoms with E-state index in [1.165, 1.54) is 5.56 Å². The molecule has 35 heavy (non-hydrogen) atoms. The number of rotatable bonds is 11. The van der Waals surface area contributed by atoms with E-state index in [9.17, 15) is 4.79 Å². The molecule has 0 bridgehead atoms. The molecule has 2 aromatic heterocycles. The van der Waals surface area contributed by atoms with Gasteiger partial charge >= 0.3 is 0 Å². The number of aromatic nitrogens is 3. The molecule has 0 aliphatic carbocycles. The maximum absolute atomic E-state index is 12.8. The fourth-order valence-electron chi connectivity index (χ4n) is 4.15. The number of ether oxygens (including phenoxy) is 1. The Kier molecular flexibility index (Phi) is 8.14. The van der Waals surface area contributed by atoms with Gasteiger partial charge in [-0.3, -0.25) is 9.78 Å². The van der Waals surface area contributed by atoms with Crippen LogP contribution in [0.1, 0.15) is 60.9 Å². The van der Waals surface area contributed by atoms with Gasteiger partial charge in [0.2, 0.25) is 0 Å². The Hall–Kier alpha value is -3.67. The second-order valence-corrected chi connectivity index (χ2v) is 8.98. The molecule has 4 rings (SSSR count). The molecular formula is C29H34N4O2. The van der Waals surface area contributed by atoms with Gasteiger partial charge in [-0.25, -0.2) is 4.98 Å². The first-order valence-electron chi connectivity index (χ1n) is 12.4. The molecule has 182 valence electrons. The maximum atomic E-state index is 12.8. The average molecular weight is 471 g/mol. The molecule has 0 saturated carbocycles. The smallest absolute Gasteiger partial charge is 0.272 e. The van der Waals surface area contributed by atoms with Gasteiger partial charge in [-0.05, 0) is 67.1 Å². The molecule has 1 atom stereocenters. The molecule has 0 aliphatic heterocycles. The van der Waals surface area contributed by atoms with Crippen molar-refractivity contribution in [1.29, 1.82) is 0 Å². The predicted octanol–water partition coefficient (Wildman–Crippen LogP) is 6.08. The summed E-state index contributed by atoms with van der Waals surface area (Å²) in [5.41, 5.74) is 3.82. The van der Waals surface area contributed by atoms with Crippen LogP contribution in [0.5, 0.6) is 5.75 Å². The molecule has 2 heterocycles. The summed E-state index contributed by atoms with van der Waals surface area (Å²) in [5, 5.41) is 0. The van der Waals surface area contributed by atoms with Crippen LogP contribution in [0, 0.1) is 0 Å². The number of imidazole rings is 1. The summed E-state index contributed by atoms with van der Waals surface area (Å²) in [6.45, 7) is 6.36. The van der Waals surface area contributed by atoms with Gasteiger partial charge in [-0.2, -0.15) is 0 Å². The molecule has 6 heteroatoms. The van der Waals surface area contributed by atoms with Crippen molar-refractivity contribution < 1.29 is 9.53 Å². The van der Waals surface area contributed by atoms with Crippen LogP contribution in [-0.2, 0) is 13.1 Å². The van der Waals surface area contributed by atoms with Gasteiger partial charge < -0.3 is 14.2 Å². The summed E-state index contributed by atoms with van der Waals surface area (Å²) in [6, 6.07) is 21.9. The molecule has 1 amide bonds. The maximum Gasteiger partial charge on any atom is 0.272 e. The standard InChI is InChI=1S/C29H34N4O2/c1-4-22(2)23-14-16-24(17-15-23)35-20-10-9-19-33-27-13-6-5-11-25(27)31-28(33)21-32(3)29(34)26-12-7-8-18-30-26/h5-8,11-18,22H,4,9-10,19-21H2,1-3H3. The lowest BCUT2D eigenvalue weighted by atomic mass is 9.99. The van der Waals surface area contributed by atoms with Crippen molar-refractivity contribution in [2.75, 3.05) is 13.7 Å². The Labute approximate surface area is 207 Å². The second-order valence-electron chi connectivity index (χ2n) is 8.98. The van der Waals surface area contributed by atoms with Gasteiger partial charge in [0.25, 0.3) is 5.91 Å². The van der Waals surface area contributed by atoms with Crippen LogP contribution in [0.25, 0.3) is 11.0 Å². The van der Waals surface area contributed by atoms with E-state index in [2.05, 4.69) is 53.7 Å². The van der Waals surface area contributed by atoms with Crippen LogP contribution in [0.2, 0.25) is 0 Å². The summed E-state index contributed by atoms with van der Waals surface area (Å²) in [5.74, 6) is 2.25. The highest BCUT2D eigenvalue weighted by molar-refractivity contribution is 5.92. The normalized spacial score (nSPS) is 12.0. The summed E-state index contributed by atoms with van der Waals surface area (Å²) >= 11 is 0. The van der Waals surface area contributed by atoms with Crippen molar-refractivity contribution >= 4 is 16.9 Å². The number of nitrogens with zero attached hydrogens (tertiary/aromatic N) is 4. The van der Waals surface area contributed by atoms with Gasteiger partial charge in [-0.1, -0.05) is 44.2 Å².